The van der Waals surface area contributed by atoms with E-state index in [9.17, 15) is 4.79 Å². The lowest BCUT2D eigenvalue weighted by atomic mass is 10.2. The second kappa shape index (κ2) is 6.39. The largest absolute Gasteiger partial charge is 0.472 e. The summed E-state index contributed by atoms with van der Waals surface area (Å²) in [5, 5.41) is 2.88. The molecular weight excluding hydrogens is 308 g/mol. The lowest BCUT2D eigenvalue weighted by Crippen LogP contribution is -2.25. The number of carbonyl (C=O) groups excluding carboxylic acids is 1. The van der Waals surface area contributed by atoms with Crippen LogP contribution >= 0.6 is 0 Å². The van der Waals surface area contributed by atoms with Crippen molar-refractivity contribution >= 4 is 5.91 Å². The summed E-state index contributed by atoms with van der Waals surface area (Å²) in [5.41, 5.74) is 1.08. The fraction of sp³-hybridized carbons (Fsp3) is 0.333. The SMILES string of the molecule is CC(C)(C)Oc1cc(C(=O)NCc2ccc3c(c2)OCO3)ccn1. The third-order valence-electron chi connectivity index (χ3n) is 3.30. The first-order chi connectivity index (χ1) is 11.4. The van der Waals surface area contributed by atoms with Crippen LogP contribution in [0.5, 0.6) is 17.4 Å². The Morgan fingerprint density at radius 3 is 2.79 bits per heavy atom. The van der Waals surface area contributed by atoms with Crippen molar-refractivity contribution in [1.29, 1.82) is 0 Å². The van der Waals surface area contributed by atoms with Crippen molar-refractivity contribution in [1.82, 2.24) is 10.3 Å². The molecule has 6 heteroatoms. The molecule has 1 amide bonds. The lowest BCUT2D eigenvalue weighted by molar-refractivity contribution is 0.0946. The zero-order valence-electron chi connectivity index (χ0n) is 14.0. The predicted molar refractivity (Wildman–Crippen MR) is 88.4 cm³/mol. The van der Waals surface area contributed by atoms with Crippen LogP contribution in [0.4, 0.5) is 0 Å². The van der Waals surface area contributed by atoms with Gasteiger partial charge in [0.15, 0.2) is 11.5 Å². The number of carbonyl (C=O) groups is 1. The van der Waals surface area contributed by atoms with Crippen molar-refractivity contribution in [3.8, 4) is 17.4 Å². The lowest BCUT2D eigenvalue weighted by Gasteiger charge is -2.20. The molecule has 3 rings (SSSR count). The molecule has 2 heterocycles. The number of benzene rings is 1. The number of ether oxygens (including phenoxy) is 3. The molecule has 2 aromatic rings. The number of aromatic nitrogens is 1. The van der Waals surface area contributed by atoms with E-state index < -0.39 is 0 Å². The molecule has 1 aliphatic rings. The number of pyridine rings is 1. The predicted octanol–water partition coefficient (Wildman–Crippen LogP) is 2.92. The van der Waals surface area contributed by atoms with Crippen molar-refractivity contribution in [3.63, 3.8) is 0 Å². The highest BCUT2D eigenvalue weighted by molar-refractivity contribution is 5.94. The molecule has 1 aliphatic heterocycles. The number of fused-ring (bicyclic) bond motifs is 1. The Morgan fingerprint density at radius 2 is 2.00 bits per heavy atom. The highest BCUT2D eigenvalue weighted by Gasteiger charge is 2.16. The first-order valence-corrected chi connectivity index (χ1v) is 7.72. The van der Waals surface area contributed by atoms with Crippen molar-refractivity contribution in [2.45, 2.75) is 32.9 Å². The first kappa shape index (κ1) is 16.1. The molecule has 0 unspecified atom stereocenters. The van der Waals surface area contributed by atoms with Gasteiger partial charge in [-0.05, 0) is 44.5 Å². The summed E-state index contributed by atoms with van der Waals surface area (Å²) in [7, 11) is 0. The number of nitrogens with one attached hydrogen (secondary N) is 1. The third kappa shape index (κ3) is 3.95. The molecule has 0 bridgehead atoms. The van der Waals surface area contributed by atoms with Gasteiger partial charge >= 0.3 is 0 Å². The van der Waals surface area contributed by atoms with Gasteiger partial charge in [-0.25, -0.2) is 4.98 Å². The summed E-state index contributed by atoms with van der Waals surface area (Å²) in [6, 6.07) is 8.90. The maximum absolute atomic E-state index is 12.3. The maximum atomic E-state index is 12.3. The Bertz CT molecular complexity index is 753. The third-order valence-corrected chi connectivity index (χ3v) is 3.30. The molecule has 0 atom stereocenters. The fourth-order valence-electron chi connectivity index (χ4n) is 2.26. The van der Waals surface area contributed by atoms with Crippen LogP contribution in [0.25, 0.3) is 0 Å². The normalized spacial score (nSPS) is 12.8. The first-order valence-electron chi connectivity index (χ1n) is 7.72. The molecule has 0 spiro atoms. The average molecular weight is 328 g/mol. The summed E-state index contributed by atoms with van der Waals surface area (Å²) >= 11 is 0. The average Bonchev–Trinajstić information content (AvgIpc) is 2.98. The van der Waals surface area contributed by atoms with Crippen LogP contribution in [0.2, 0.25) is 0 Å². The quantitative estimate of drug-likeness (QED) is 0.934. The molecule has 0 saturated heterocycles. The van der Waals surface area contributed by atoms with E-state index in [4.69, 9.17) is 14.2 Å². The van der Waals surface area contributed by atoms with Gasteiger partial charge in [0.25, 0.3) is 5.91 Å². The van der Waals surface area contributed by atoms with Crippen molar-refractivity contribution in [3.05, 3.63) is 47.7 Å². The van der Waals surface area contributed by atoms with Gasteiger partial charge in [-0.1, -0.05) is 6.07 Å². The highest BCUT2D eigenvalue weighted by Crippen LogP contribution is 2.32. The standard InChI is InChI=1S/C18H20N2O4/c1-18(2,3)24-16-9-13(6-7-19-16)17(21)20-10-12-4-5-14-15(8-12)23-11-22-14/h4-9H,10-11H2,1-3H3,(H,20,21). The van der Waals surface area contributed by atoms with E-state index in [-0.39, 0.29) is 18.3 Å². The minimum absolute atomic E-state index is 0.186. The van der Waals surface area contributed by atoms with E-state index in [1.807, 2.05) is 39.0 Å². The monoisotopic (exact) mass is 328 g/mol. The second-order valence-corrected chi connectivity index (χ2v) is 6.47. The molecule has 1 aromatic heterocycles. The van der Waals surface area contributed by atoms with E-state index in [1.54, 1.807) is 18.3 Å². The van der Waals surface area contributed by atoms with Gasteiger partial charge in [-0.2, -0.15) is 0 Å². The van der Waals surface area contributed by atoms with Gasteiger partial charge in [0.2, 0.25) is 12.7 Å². The molecule has 1 aromatic carbocycles. The molecule has 1 N–H and O–H groups in total. The molecule has 0 fully saturated rings. The summed E-state index contributed by atoms with van der Waals surface area (Å²) < 4.78 is 16.3. The van der Waals surface area contributed by atoms with Gasteiger partial charge in [-0.15, -0.1) is 0 Å². The van der Waals surface area contributed by atoms with E-state index >= 15 is 0 Å². The highest BCUT2D eigenvalue weighted by atomic mass is 16.7. The summed E-state index contributed by atoms with van der Waals surface area (Å²) in [6.45, 7) is 6.43. The van der Waals surface area contributed by atoms with Crippen LogP contribution < -0.4 is 19.5 Å². The Labute approximate surface area is 140 Å². The Balaban J connectivity index is 1.64. The van der Waals surface area contributed by atoms with Crippen LogP contribution in [0.15, 0.2) is 36.5 Å². The van der Waals surface area contributed by atoms with Crippen molar-refractivity contribution in [2.24, 2.45) is 0 Å². The van der Waals surface area contributed by atoms with Crippen LogP contribution in [-0.2, 0) is 6.54 Å². The second-order valence-electron chi connectivity index (χ2n) is 6.47. The zero-order chi connectivity index (χ0) is 17.2. The summed E-state index contributed by atoms with van der Waals surface area (Å²) in [5.74, 6) is 1.67. The molecule has 0 radical (unpaired) electrons. The number of hydrogen-bond acceptors (Lipinski definition) is 5. The van der Waals surface area contributed by atoms with Crippen LogP contribution in [0.1, 0.15) is 36.7 Å². The number of amides is 1. The number of rotatable bonds is 4. The van der Waals surface area contributed by atoms with Crippen molar-refractivity contribution < 1.29 is 19.0 Å². The molecule has 0 saturated carbocycles. The number of nitrogens with zero attached hydrogens (tertiary/aromatic N) is 1. The minimum Gasteiger partial charge on any atom is -0.472 e. The smallest absolute Gasteiger partial charge is 0.251 e. The van der Waals surface area contributed by atoms with E-state index in [0.717, 1.165) is 11.3 Å². The summed E-state index contributed by atoms with van der Waals surface area (Å²) in [6.07, 6.45) is 1.57. The van der Waals surface area contributed by atoms with E-state index in [0.29, 0.717) is 23.7 Å². The maximum Gasteiger partial charge on any atom is 0.251 e. The molecule has 24 heavy (non-hydrogen) atoms. The Morgan fingerprint density at radius 1 is 1.21 bits per heavy atom. The van der Waals surface area contributed by atoms with Crippen molar-refractivity contribution in [2.75, 3.05) is 6.79 Å². The van der Waals surface area contributed by atoms with Gasteiger partial charge in [0.1, 0.15) is 5.60 Å². The van der Waals surface area contributed by atoms with Gasteiger partial charge in [0, 0.05) is 24.4 Å². The molecule has 0 aliphatic carbocycles. The van der Waals surface area contributed by atoms with Crippen LogP contribution in [0.3, 0.4) is 0 Å². The van der Waals surface area contributed by atoms with Crippen LogP contribution in [0, 0.1) is 0 Å². The van der Waals surface area contributed by atoms with E-state index in [1.165, 1.54) is 0 Å². The fourth-order valence-corrected chi connectivity index (χ4v) is 2.26. The molecule has 6 nitrogen and oxygen atoms in total. The van der Waals surface area contributed by atoms with Gasteiger partial charge < -0.3 is 19.5 Å². The Kier molecular flexibility index (Phi) is 4.29. The van der Waals surface area contributed by atoms with Gasteiger partial charge in [0.05, 0.1) is 0 Å². The summed E-state index contributed by atoms with van der Waals surface area (Å²) in [4.78, 5) is 16.5. The Hall–Kier alpha value is -2.76. The number of hydrogen-bond donors (Lipinski definition) is 1. The molecule has 126 valence electrons. The van der Waals surface area contributed by atoms with Gasteiger partial charge in [-0.3, -0.25) is 4.79 Å². The van der Waals surface area contributed by atoms with Crippen LogP contribution in [-0.4, -0.2) is 23.3 Å². The zero-order valence-corrected chi connectivity index (χ0v) is 14.0. The molecular formula is C18H20N2O4. The minimum atomic E-state index is -0.366. The van der Waals surface area contributed by atoms with E-state index in [2.05, 4.69) is 10.3 Å². The topological polar surface area (TPSA) is 69.7 Å².